The molecule has 30 heavy (non-hydrogen) atoms. The summed E-state index contributed by atoms with van der Waals surface area (Å²) < 4.78 is 5.23. The molecule has 1 atom stereocenters. The Hall–Kier alpha value is -2.96. The van der Waals surface area contributed by atoms with E-state index in [0.29, 0.717) is 11.4 Å². The summed E-state index contributed by atoms with van der Waals surface area (Å²) in [5.74, 6) is 0.353. The van der Waals surface area contributed by atoms with Crippen LogP contribution in [0.3, 0.4) is 0 Å². The number of nitrogens with zero attached hydrogens (tertiary/aromatic N) is 3. The van der Waals surface area contributed by atoms with Gasteiger partial charge in [0.05, 0.1) is 25.3 Å². The minimum atomic E-state index is -0.370. The number of carbonyl (C=O) groups is 2. The average molecular weight is 405 g/mol. The molecule has 0 aliphatic carbocycles. The van der Waals surface area contributed by atoms with Crippen LogP contribution in [0.25, 0.3) is 6.08 Å². The zero-order valence-corrected chi connectivity index (χ0v) is 17.2. The monoisotopic (exact) mass is 405 g/mol. The number of benzene rings is 2. The van der Waals surface area contributed by atoms with Crippen LogP contribution in [0.2, 0.25) is 0 Å². The first-order valence-electron chi connectivity index (χ1n) is 10.3. The van der Waals surface area contributed by atoms with Crippen LogP contribution in [0.1, 0.15) is 12.0 Å². The van der Waals surface area contributed by atoms with Crippen LogP contribution in [0.4, 0.5) is 5.69 Å². The van der Waals surface area contributed by atoms with Crippen molar-refractivity contribution in [3.63, 3.8) is 0 Å². The first-order valence-corrected chi connectivity index (χ1v) is 10.3. The fourth-order valence-electron chi connectivity index (χ4n) is 4.08. The minimum Gasteiger partial charge on any atom is -0.497 e. The number of methoxy groups -OCH3 is 1. The topological polar surface area (TPSA) is 53.1 Å². The van der Waals surface area contributed by atoms with Crippen LogP contribution >= 0.6 is 0 Å². The highest BCUT2D eigenvalue weighted by molar-refractivity contribution is 6.22. The number of hydrogen-bond acceptors (Lipinski definition) is 5. The molecule has 0 saturated carbocycles. The number of hydrogen-bond donors (Lipinski definition) is 0. The molecule has 0 aromatic heterocycles. The Morgan fingerprint density at radius 1 is 1.00 bits per heavy atom. The second-order valence-corrected chi connectivity index (χ2v) is 7.64. The number of amides is 2. The number of anilines is 1. The maximum atomic E-state index is 13.0. The SMILES string of the molecule is COc1cccc(N2C(=O)C[C@H](N3CCN(C/C=C/c4ccccc4)CC3)C2=O)c1. The van der Waals surface area contributed by atoms with Gasteiger partial charge in [-0.25, -0.2) is 4.90 Å². The molecular formula is C24H27N3O3. The van der Waals surface area contributed by atoms with Gasteiger partial charge in [-0.3, -0.25) is 19.4 Å². The highest BCUT2D eigenvalue weighted by atomic mass is 16.5. The molecule has 2 heterocycles. The summed E-state index contributed by atoms with van der Waals surface area (Å²) in [5.41, 5.74) is 1.78. The quantitative estimate of drug-likeness (QED) is 0.692. The summed E-state index contributed by atoms with van der Waals surface area (Å²) in [6.45, 7) is 4.23. The Kier molecular flexibility index (Phi) is 6.26. The Morgan fingerprint density at radius 2 is 1.77 bits per heavy atom. The zero-order valence-electron chi connectivity index (χ0n) is 17.2. The highest BCUT2D eigenvalue weighted by Crippen LogP contribution is 2.28. The van der Waals surface area contributed by atoms with E-state index < -0.39 is 0 Å². The highest BCUT2D eigenvalue weighted by Gasteiger charge is 2.43. The van der Waals surface area contributed by atoms with E-state index in [1.165, 1.54) is 10.5 Å². The van der Waals surface area contributed by atoms with Gasteiger partial charge in [-0.05, 0) is 17.7 Å². The fraction of sp³-hybridized carbons (Fsp3) is 0.333. The number of piperazine rings is 1. The lowest BCUT2D eigenvalue weighted by Crippen LogP contribution is -2.52. The molecule has 4 rings (SSSR count). The van der Waals surface area contributed by atoms with Crippen LogP contribution in [0, 0.1) is 0 Å². The van der Waals surface area contributed by atoms with Gasteiger partial charge < -0.3 is 4.74 Å². The molecule has 2 aromatic carbocycles. The molecule has 2 saturated heterocycles. The molecule has 2 aromatic rings. The van der Waals surface area contributed by atoms with E-state index in [2.05, 4.69) is 34.1 Å². The van der Waals surface area contributed by atoms with Crippen LogP contribution in [-0.2, 0) is 9.59 Å². The summed E-state index contributed by atoms with van der Waals surface area (Å²) in [5, 5.41) is 0. The Balaban J connectivity index is 1.33. The lowest BCUT2D eigenvalue weighted by molar-refractivity contribution is -0.123. The van der Waals surface area contributed by atoms with E-state index in [4.69, 9.17) is 4.74 Å². The Morgan fingerprint density at radius 3 is 2.50 bits per heavy atom. The number of rotatable bonds is 6. The van der Waals surface area contributed by atoms with Gasteiger partial charge in [0.2, 0.25) is 5.91 Å². The van der Waals surface area contributed by atoms with Gasteiger partial charge in [-0.2, -0.15) is 0 Å². The lowest BCUT2D eigenvalue weighted by Gasteiger charge is -2.36. The number of carbonyl (C=O) groups excluding carboxylic acids is 2. The van der Waals surface area contributed by atoms with Gasteiger partial charge in [-0.1, -0.05) is 48.6 Å². The lowest BCUT2D eigenvalue weighted by atomic mass is 10.1. The summed E-state index contributed by atoms with van der Waals surface area (Å²) >= 11 is 0. The van der Waals surface area contributed by atoms with Crippen molar-refractivity contribution in [3.05, 3.63) is 66.2 Å². The third-order valence-corrected chi connectivity index (χ3v) is 5.76. The molecule has 6 heteroatoms. The molecule has 156 valence electrons. The van der Waals surface area contributed by atoms with Crippen LogP contribution in [0.15, 0.2) is 60.7 Å². The Labute approximate surface area is 177 Å². The van der Waals surface area contributed by atoms with Crippen molar-refractivity contribution in [2.45, 2.75) is 12.5 Å². The van der Waals surface area contributed by atoms with E-state index in [0.717, 1.165) is 32.7 Å². The maximum Gasteiger partial charge on any atom is 0.251 e. The third kappa shape index (κ3) is 4.45. The van der Waals surface area contributed by atoms with Gasteiger partial charge in [-0.15, -0.1) is 0 Å². The molecule has 0 radical (unpaired) electrons. The standard InChI is InChI=1S/C24H27N3O3/c1-30-21-11-5-10-20(17-21)27-23(28)18-22(24(27)29)26-15-13-25(14-16-26)12-6-9-19-7-3-2-4-8-19/h2-11,17,22H,12-16,18H2,1H3/b9-6+/t22-/m0/s1. The minimum absolute atomic E-state index is 0.134. The van der Waals surface area contributed by atoms with Crippen LogP contribution in [-0.4, -0.2) is 67.5 Å². The van der Waals surface area contributed by atoms with Crippen molar-refractivity contribution in [3.8, 4) is 5.75 Å². The second-order valence-electron chi connectivity index (χ2n) is 7.64. The molecule has 2 fully saturated rings. The summed E-state index contributed by atoms with van der Waals surface area (Å²) in [6, 6.07) is 17.0. The second kappa shape index (κ2) is 9.24. The normalized spacial score (nSPS) is 21.0. The first-order chi connectivity index (χ1) is 14.7. The molecule has 0 spiro atoms. The molecule has 2 aliphatic heterocycles. The van der Waals surface area contributed by atoms with Crippen molar-refractivity contribution in [2.24, 2.45) is 0 Å². The van der Waals surface area contributed by atoms with Crippen molar-refractivity contribution in [2.75, 3.05) is 44.7 Å². The van der Waals surface area contributed by atoms with Gasteiger partial charge >= 0.3 is 0 Å². The van der Waals surface area contributed by atoms with Crippen LogP contribution in [0.5, 0.6) is 5.75 Å². The van der Waals surface area contributed by atoms with Crippen molar-refractivity contribution < 1.29 is 14.3 Å². The fourth-order valence-corrected chi connectivity index (χ4v) is 4.08. The maximum absolute atomic E-state index is 13.0. The first kappa shape index (κ1) is 20.3. The third-order valence-electron chi connectivity index (χ3n) is 5.76. The van der Waals surface area contributed by atoms with E-state index in [1.807, 2.05) is 18.2 Å². The Bertz CT molecular complexity index is 920. The predicted octanol–water partition coefficient (Wildman–Crippen LogP) is 2.66. The number of imide groups is 1. The van der Waals surface area contributed by atoms with Gasteiger partial charge in [0.1, 0.15) is 5.75 Å². The average Bonchev–Trinajstić information content (AvgIpc) is 3.09. The van der Waals surface area contributed by atoms with Gasteiger partial charge in [0.25, 0.3) is 5.91 Å². The predicted molar refractivity (Wildman–Crippen MR) is 117 cm³/mol. The van der Waals surface area contributed by atoms with Gasteiger partial charge in [0.15, 0.2) is 0 Å². The van der Waals surface area contributed by atoms with Crippen molar-refractivity contribution in [1.29, 1.82) is 0 Å². The van der Waals surface area contributed by atoms with E-state index in [-0.39, 0.29) is 24.3 Å². The molecule has 2 aliphatic rings. The summed E-state index contributed by atoms with van der Waals surface area (Å²) in [6.07, 6.45) is 4.56. The summed E-state index contributed by atoms with van der Waals surface area (Å²) in [7, 11) is 1.57. The smallest absolute Gasteiger partial charge is 0.251 e. The number of ether oxygens (including phenoxy) is 1. The molecule has 0 unspecified atom stereocenters. The largest absolute Gasteiger partial charge is 0.497 e. The van der Waals surface area contributed by atoms with Crippen LogP contribution < -0.4 is 9.64 Å². The molecule has 2 amide bonds. The zero-order chi connectivity index (χ0) is 20.9. The van der Waals surface area contributed by atoms with Crippen molar-refractivity contribution in [1.82, 2.24) is 9.80 Å². The van der Waals surface area contributed by atoms with E-state index >= 15 is 0 Å². The van der Waals surface area contributed by atoms with Crippen molar-refractivity contribution >= 4 is 23.6 Å². The van der Waals surface area contributed by atoms with E-state index in [9.17, 15) is 9.59 Å². The van der Waals surface area contributed by atoms with Gasteiger partial charge in [0, 0.05) is 38.8 Å². The molecular weight excluding hydrogens is 378 g/mol. The summed E-state index contributed by atoms with van der Waals surface area (Å²) in [4.78, 5) is 31.5. The van der Waals surface area contributed by atoms with E-state index in [1.54, 1.807) is 31.4 Å². The molecule has 6 nitrogen and oxygen atoms in total. The molecule has 0 bridgehead atoms. The molecule has 0 N–H and O–H groups in total.